The Hall–Kier alpha value is -3.74. The van der Waals surface area contributed by atoms with E-state index < -0.39 is 18.5 Å². The highest BCUT2D eigenvalue weighted by Gasteiger charge is 2.29. The second-order valence-electron chi connectivity index (χ2n) is 9.44. The maximum atomic E-state index is 13.5. The van der Waals surface area contributed by atoms with E-state index in [1.54, 1.807) is 6.92 Å². The third-order valence-corrected chi connectivity index (χ3v) is 7.13. The van der Waals surface area contributed by atoms with Crippen molar-refractivity contribution in [3.63, 3.8) is 0 Å². The lowest BCUT2D eigenvalue weighted by atomic mass is 9.80. The molecule has 0 bridgehead atoms. The Morgan fingerprint density at radius 2 is 1.76 bits per heavy atom. The zero-order valence-electron chi connectivity index (χ0n) is 20.9. The fraction of sp³-hybridized carbons (Fsp3) is 0.200. The first kappa shape index (κ1) is 25.9. The van der Waals surface area contributed by atoms with E-state index in [-0.39, 0.29) is 10.8 Å². The molecule has 1 amide bonds. The molecule has 4 aromatic rings. The molecule has 192 valence electrons. The first-order chi connectivity index (χ1) is 18.3. The summed E-state index contributed by atoms with van der Waals surface area (Å²) in [5.41, 5.74) is 5.45. The van der Waals surface area contributed by atoms with Crippen LogP contribution in [0.2, 0.25) is 10.0 Å². The molecule has 0 spiro atoms. The summed E-state index contributed by atoms with van der Waals surface area (Å²) >= 11 is 12.2. The first-order valence-electron chi connectivity index (χ1n) is 12.3. The van der Waals surface area contributed by atoms with Gasteiger partial charge in [-0.2, -0.15) is 0 Å². The van der Waals surface area contributed by atoms with Gasteiger partial charge in [0.1, 0.15) is 0 Å². The number of allylic oxidation sites excluding steroid dienone is 1. The van der Waals surface area contributed by atoms with E-state index in [0.717, 1.165) is 28.8 Å². The molecular formula is C30H25Cl2N3O3. The summed E-state index contributed by atoms with van der Waals surface area (Å²) in [6, 6.07) is 19.1. The Labute approximate surface area is 230 Å². The topological polar surface area (TPSA) is 81.2 Å². The molecule has 0 radical (unpaired) electrons. The number of aryl methyl sites for hydroxylation is 1. The molecule has 5 rings (SSSR count). The molecule has 0 fully saturated rings. The third kappa shape index (κ3) is 5.42. The number of amides is 1. The van der Waals surface area contributed by atoms with Gasteiger partial charge in [0.2, 0.25) is 0 Å². The summed E-state index contributed by atoms with van der Waals surface area (Å²) < 4.78 is 5.52. The van der Waals surface area contributed by atoms with Gasteiger partial charge in [0.05, 0.1) is 32.5 Å². The summed E-state index contributed by atoms with van der Waals surface area (Å²) in [5, 5.41) is 3.87. The molecule has 1 atom stereocenters. The molecule has 0 saturated carbocycles. The molecule has 38 heavy (non-hydrogen) atoms. The van der Waals surface area contributed by atoms with E-state index in [2.05, 4.69) is 23.3 Å². The zero-order chi connectivity index (χ0) is 26.8. The summed E-state index contributed by atoms with van der Waals surface area (Å²) in [6.45, 7) is 3.37. The molecule has 1 aliphatic rings. The van der Waals surface area contributed by atoms with Crippen molar-refractivity contribution in [1.29, 1.82) is 0 Å². The molecule has 6 nitrogen and oxygen atoms in total. The van der Waals surface area contributed by atoms with Crippen molar-refractivity contribution in [3.8, 4) is 0 Å². The van der Waals surface area contributed by atoms with E-state index >= 15 is 0 Å². The van der Waals surface area contributed by atoms with Crippen LogP contribution < -0.4 is 5.32 Å². The summed E-state index contributed by atoms with van der Waals surface area (Å²) in [5.74, 6) is -0.670. The van der Waals surface area contributed by atoms with E-state index in [0.29, 0.717) is 39.5 Å². The number of ether oxygens (including phenoxy) is 1. The van der Waals surface area contributed by atoms with Crippen LogP contribution in [0.3, 0.4) is 0 Å². The number of nitrogens with one attached hydrogen (secondary N) is 1. The molecule has 8 heteroatoms. The normalized spacial score (nSPS) is 15.8. The van der Waals surface area contributed by atoms with Gasteiger partial charge in [-0.15, -0.1) is 0 Å². The number of hydrogen-bond donors (Lipinski definition) is 1. The molecule has 0 saturated heterocycles. The van der Waals surface area contributed by atoms with Gasteiger partial charge in [-0.05, 0) is 60.6 Å². The lowest BCUT2D eigenvalue weighted by Crippen LogP contribution is -2.24. The number of fused-ring (bicyclic) bond motifs is 2. The summed E-state index contributed by atoms with van der Waals surface area (Å²) in [6.07, 6.45) is 3.65. The average molecular weight is 546 g/mol. The van der Waals surface area contributed by atoms with E-state index in [1.807, 2.05) is 54.6 Å². The van der Waals surface area contributed by atoms with Crippen LogP contribution in [0.4, 0.5) is 5.82 Å². The molecule has 0 unspecified atom stereocenters. The molecule has 2 heterocycles. The molecule has 0 aliphatic heterocycles. The fourth-order valence-electron chi connectivity index (χ4n) is 4.74. The second-order valence-corrected chi connectivity index (χ2v) is 10.2. The largest absolute Gasteiger partial charge is 0.452 e. The number of halogens is 2. The predicted octanol–water partition coefficient (Wildman–Crippen LogP) is 7.16. The number of pyridine rings is 2. The lowest BCUT2D eigenvalue weighted by molar-refractivity contribution is -0.119. The van der Waals surface area contributed by atoms with Gasteiger partial charge in [-0.25, -0.2) is 14.8 Å². The van der Waals surface area contributed by atoms with Crippen LogP contribution in [0.15, 0.2) is 60.7 Å². The Morgan fingerprint density at radius 3 is 2.55 bits per heavy atom. The van der Waals surface area contributed by atoms with Crippen LogP contribution in [0.25, 0.3) is 22.6 Å². The fourth-order valence-corrected chi connectivity index (χ4v) is 5.14. The minimum absolute atomic E-state index is 0.158. The number of benzene rings is 2. The minimum Gasteiger partial charge on any atom is -0.452 e. The van der Waals surface area contributed by atoms with Crippen LogP contribution in [0.1, 0.15) is 46.2 Å². The maximum Gasteiger partial charge on any atom is 0.339 e. The van der Waals surface area contributed by atoms with Crippen LogP contribution in [0.5, 0.6) is 0 Å². The Kier molecular flexibility index (Phi) is 7.45. The second kappa shape index (κ2) is 10.9. The monoisotopic (exact) mass is 545 g/mol. The van der Waals surface area contributed by atoms with Gasteiger partial charge >= 0.3 is 5.97 Å². The number of carbonyl (C=O) groups excluding carboxylic acids is 2. The Morgan fingerprint density at radius 1 is 1.03 bits per heavy atom. The standard InChI is InChI=1S/C30H25Cl2N3O3/c1-17-12-20(14-19-8-4-3-5-9-19)28-22(13-17)27(21-10-6-7-11-25(21)34-28)30(37)38-16-26(36)35-29-24(32)15-23(31)18(2)33-29/h3-11,14-15,17H,12-13,16H2,1-2H3,(H,33,35,36)/b20-14-/t17-/m0/s1. The van der Waals surface area contributed by atoms with Gasteiger partial charge in [0, 0.05) is 5.39 Å². The SMILES string of the molecule is Cc1nc(NC(=O)COC(=O)c2c3c(nc4ccccc24)/C(=C\c2ccccc2)C[C@H](C)C3)c(Cl)cc1Cl. The van der Waals surface area contributed by atoms with E-state index in [4.69, 9.17) is 32.9 Å². The van der Waals surface area contributed by atoms with Crippen molar-refractivity contribution in [2.45, 2.75) is 26.7 Å². The van der Waals surface area contributed by atoms with Crippen molar-refractivity contribution in [2.24, 2.45) is 5.92 Å². The van der Waals surface area contributed by atoms with Crippen molar-refractivity contribution in [1.82, 2.24) is 9.97 Å². The van der Waals surface area contributed by atoms with Gasteiger partial charge in [0.15, 0.2) is 12.4 Å². The van der Waals surface area contributed by atoms with E-state index in [9.17, 15) is 9.59 Å². The van der Waals surface area contributed by atoms with E-state index in [1.165, 1.54) is 6.07 Å². The number of rotatable bonds is 5. The van der Waals surface area contributed by atoms with Crippen LogP contribution >= 0.6 is 23.2 Å². The number of para-hydroxylation sites is 1. The number of nitrogens with zero attached hydrogens (tertiary/aromatic N) is 2. The number of aromatic nitrogens is 2. The first-order valence-corrected chi connectivity index (χ1v) is 13.0. The van der Waals surface area contributed by atoms with Crippen molar-refractivity contribution < 1.29 is 14.3 Å². The van der Waals surface area contributed by atoms with Gasteiger partial charge in [0.25, 0.3) is 5.91 Å². The molecular weight excluding hydrogens is 521 g/mol. The van der Waals surface area contributed by atoms with Gasteiger partial charge in [-0.3, -0.25) is 4.79 Å². The third-order valence-electron chi connectivity index (χ3n) is 6.46. The van der Waals surface area contributed by atoms with Gasteiger partial charge in [-0.1, -0.05) is 78.7 Å². The highest BCUT2D eigenvalue weighted by atomic mass is 35.5. The molecule has 1 N–H and O–H groups in total. The highest BCUT2D eigenvalue weighted by Crippen LogP contribution is 2.38. The number of hydrogen-bond acceptors (Lipinski definition) is 5. The van der Waals surface area contributed by atoms with Crippen LogP contribution in [-0.2, 0) is 16.0 Å². The van der Waals surface area contributed by atoms with Crippen LogP contribution in [-0.4, -0.2) is 28.5 Å². The van der Waals surface area contributed by atoms with Crippen molar-refractivity contribution in [2.75, 3.05) is 11.9 Å². The number of carbonyl (C=O) groups is 2. The molecule has 2 aromatic carbocycles. The lowest BCUT2D eigenvalue weighted by Gasteiger charge is -2.26. The predicted molar refractivity (Wildman–Crippen MR) is 151 cm³/mol. The van der Waals surface area contributed by atoms with Crippen LogP contribution in [0, 0.1) is 12.8 Å². The highest BCUT2D eigenvalue weighted by molar-refractivity contribution is 6.36. The number of esters is 1. The van der Waals surface area contributed by atoms with Gasteiger partial charge < -0.3 is 10.1 Å². The quantitative estimate of drug-likeness (QED) is 0.269. The van der Waals surface area contributed by atoms with Crippen molar-refractivity contribution >= 4 is 63.4 Å². The minimum atomic E-state index is -0.575. The van der Waals surface area contributed by atoms with Crippen molar-refractivity contribution in [3.05, 3.63) is 98.8 Å². The summed E-state index contributed by atoms with van der Waals surface area (Å²) in [7, 11) is 0. The summed E-state index contributed by atoms with van der Waals surface area (Å²) in [4.78, 5) is 35.3. The molecule has 1 aliphatic carbocycles. The Balaban J connectivity index is 1.47. The number of anilines is 1. The zero-order valence-corrected chi connectivity index (χ0v) is 22.4. The average Bonchev–Trinajstić information content (AvgIpc) is 2.90. The maximum absolute atomic E-state index is 13.5. The Bertz CT molecular complexity index is 1590. The smallest absolute Gasteiger partial charge is 0.339 e. The molecule has 2 aromatic heterocycles.